The minimum Gasteiger partial charge on any atom is -0.275 e. The summed E-state index contributed by atoms with van der Waals surface area (Å²) in [6, 6.07) is 2.12. The highest BCUT2D eigenvalue weighted by Gasteiger charge is 2.43. The molecule has 1 aliphatic rings. The third-order valence-electron chi connectivity index (χ3n) is 2.64. The van der Waals surface area contributed by atoms with Crippen LogP contribution in [0.1, 0.15) is 25.7 Å². The quantitative estimate of drug-likeness (QED) is 0.601. The fourth-order valence-corrected chi connectivity index (χ4v) is 1.74. The van der Waals surface area contributed by atoms with Crippen LogP contribution in [0.15, 0.2) is 0 Å². The average molecular weight is 182 g/mol. The topological polar surface area (TPSA) is 53.3 Å². The number of carbonyl (C=O) groups excluding carboxylic acids is 1. The van der Waals surface area contributed by atoms with Gasteiger partial charge < -0.3 is 0 Å². The SMILES string of the molecule is CON(C)C(=O)C1(C#N)CCCC1. The van der Waals surface area contributed by atoms with Crippen molar-refractivity contribution in [2.75, 3.05) is 14.2 Å². The molecule has 0 saturated heterocycles. The molecule has 1 rings (SSSR count). The highest BCUT2D eigenvalue weighted by molar-refractivity contribution is 5.84. The molecule has 0 aromatic carbocycles. The van der Waals surface area contributed by atoms with E-state index < -0.39 is 5.41 Å². The van der Waals surface area contributed by atoms with E-state index in [0.717, 1.165) is 17.9 Å². The first-order chi connectivity index (χ1) is 6.16. The van der Waals surface area contributed by atoms with Crippen molar-refractivity contribution in [1.82, 2.24) is 5.06 Å². The molecular formula is C9H14N2O2. The minimum atomic E-state index is -0.815. The molecule has 0 heterocycles. The van der Waals surface area contributed by atoms with Crippen LogP contribution in [0.5, 0.6) is 0 Å². The van der Waals surface area contributed by atoms with Gasteiger partial charge in [0.1, 0.15) is 5.41 Å². The Morgan fingerprint density at radius 3 is 2.46 bits per heavy atom. The Kier molecular flexibility index (Phi) is 2.89. The Balaban J connectivity index is 2.78. The molecule has 0 aromatic rings. The van der Waals surface area contributed by atoms with Crippen LogP contribution < -0.4 is 0 Å². The van der Waals surface area contributed by atoms with Crippen molar-refractivity contribution >= 4 is 5.91 Å². The van der Waals surface area contributed by atoms with Crippen LogP contribution in [0.4, 0.5) is 0 Å². The van der Waals surface area contributed by atoms with Gasteiger partial charge >= 0.3 is 0 Å². The Labute approximate surface area is 78.0 Å². The van der Waals surface area contributed by atoms with Crippen LogP contribution in [0, 0.1) is 16.7 Å². The molecule has 1 aliphatic carbocycles. The highest BCUT2D eigenvalue weighted by atomic mass is 16.7. The first-order valence-electron chi connectivity index (χ1n) is 4.40. The molecule has 4 heteroatoms. The van der Waals surface area contributed by atoms with Gasteiger partial charge in [0.25, 0.3) is 5.91 Å². The molecule has 13 heavy (non-hydrogen) atoms. The van der Waals surface area contributed by atoms with Gasteiger partial charge in [0.15, 0.2) is 0 Å². The van der Waals surface area contributed by atoms with Gasteiger partial charge in [-0.2, -0.15) is 5.26 Å². The number of hydroxylamine groups is 2. The van der Waals surface area contributed by atoms with Crippen molar-refractivity contribution in [3.05, 3.63) is 0 Å². The lowest BCUT2D eigenvalue weighted by Crippen LogP contribution is -2.38. The minimum absolute atomic E-state index is 0.213. The predicted octanol–water partition coefficient (Wildman–Crippen LogP) is 1.09. The lowest BCUT2D eigenvalue weighted by atomic mass is 9.87. The van der Waals surface area contributed by atoms with Crippen LogP contribution >= 0.6 is 0 Å². The number of amides is 1. The van der Waals surface area contributed by atoms with E-state index in [9.17, 15) is 4.79 Å². The Morgan fingerprint density at radius 1 is 1.54 bits per heavy atom. The maximum atomic E-state index is 11.7. The molecular weight excluding hydrogens is 168 g/mol. The largest absolute Gasteiger partial charge is 0.275 e. The molecule has 0 aliphatic heterocycles. The van der Waals surface area contributed by atoms with Gasteiger partial charge in [0, 0.05) is 7.05 Å². The summed E-state index contributed by atoms with van der Waals surface area (Å²) in [6.45, 7) is 0. The maximum Gasteiger partial charge on any atom is 0.266 e. The molecule has 0 radical (unpaired) electrons. The smallest absolute Gasteiger partial charge is 0.266 e. The average Bonchev–Trinajstić information content (AvgIpc) is 2.65. The van der Waals surface area contributed by atoms with Crippen molar-refractivity contribution < 1.29 is 9.63 Å². The van der Waals surface area contributed by atoms with Crippen LogP contribution in [-0.2, 0) is 9.63 Å². The number of nitrogens with zero attached hydrogens (tertiary/aromatic N) is 2. The lowest BCUT2D eigenvalue weighted by Gasteiger charge is -2.24. The summed E-state index contributed by atoms with van der Waals surface area (Å²) in [6.07, 6.45) is 3.24. The molecule has 0 bridgehead atoms. The van der Waals surface area contributed by atoms with Crippen molar-refractivity contribution in [3.8, 4) is 6.07 Å². The van der Waals surface area contributed by atoms with E-state index in [2.05, 4.69) is 6.07 Å². The summed E-state index contributed by atoms with van der Waals surface area (Å²) < 4.78 is 0. The first kappa shape index (κ1) is 10.0. The summed E-state index contributed by atoms with van der Waals surface area (Å²) in [5, 5.41) is 10.1. The van der Waals surface area contributed by atoms with Gasteiger partial charge in [-0.15, -0.1) is 0 Å². The van der Waals surface area contributed by atoms with E-state index in [0.29, 0.717) is 12.8 Å². The summed E-state index contributed by atoms with van der Waals surface area (Å²) >= 11 is 0. The second-order valence-electron chi connectivity index (χ2n) is 3.39. The fraction of sp³-hybridized carbons (Fsp3) is 0.778. The third kappa shape index (κ3) is 1.65. The van der Waals surface area contributed by atoms with Gasteiger partial charge in [0.05, 0.1) is 13.2 Å². The van der Waals surface area contributed by atoms with E-state index in [-0.39, 0.29) is 5.91 Å². The summed E-state index contributed by atoms with van der Waals surface area (Å²) in [5.41, 5.74) is -0.815. The van der Waals surface area contributed by atoms with Gasteiger partial charge in [0.2, 0.25) is 0 Å². The van der Waals surface area contributed by atoms with E-state index in [1.54, 1.807) is 7.05 Å². The first-order valence-corrected chi connectivity index (χ1v) is 4.40. The van der Waals surface area contributed by atoms with Gasteiger partial charge in [-0.3, -0.25) is 9.63 Å². The second kappa shape index (κ2) is 3.75. The Hall–Kier alpha value is -1.08. The number of nitriles is 1. The molecule has 1 amide bonds. The standard InChI is InChI=1S/C9H14N2O2/c1-11(13-2)8(12)9(7-10)5-3-4-6-9/h3-6H2,1-2H3. The van der Waals surface area contributed by atoms with Crippen molar-refractivity contribution in [1.29, 1.82) is 5.26 Å². The van der Waals surface area contributed by atoms with Crippen LogP contribution in [-0.4, -0.2) is 25.1 Å². The zero-order valence-electron chi connectivity index (χ0n) is 8.04. The van der Waals surface area contributed by atoms with Crippen molar-refractivity contribution in [2.45, 2.75) is 25.7 Å². The predicted molar refractivity (Wildman–Crippen MR) is 46.3 cm³/mol. The second-order valence-corrected chi connectivity index (χ2v) is 3.39. The van der Waals surface area contributed by atoms with E-state index >= 15 is 0 Å². The normalized spacial score (nSPS) is 19.5. The molecule has 4 nitrogen and oxygen atoms in total. The highest BCUT2D eigenvalue weighted by Crippen LogP contribution is 2.38. The van der Waals surface area contributed by atoms with Crippen LogP contribution in [0.2, 0.25) is 0 Å². The van der Waals surface area contributed by atoms with E-state index in [1.807, 2.05) is 0 Å². The van der Waals surface area contributed by atoms with Crippen LogP contribution in [0.25, 0.3) is 0 Å². The summed E-state index contributed by atoms with van der Waals surface area (Å²) in [5.74, 6) is -0.213. The molecule has 0 unspecified atom stereocenters. The molecule has 1 fully saturated rings. The molecule has 0 atom stereocenters. The lowest BCUT2D eigenvalue weighted by molar-refractivity contribution is -0.177. The molecule has 0 N–H and O–H groups in total. The van der Waals surface area contributed by atoms with Crippen molar-refractivity contribution in [3.63, 3.8) is 0 Å². The number of rotatable bonds is 2. The molecule has 1 saturated carbocycles. The van der Waals surface area contributed by atoms with Crippen LogP contribution in [0.3, 0.4) is 0 Å². The van der Waals surface area contributed by atoms with E-state index in [4.69, 9.17) is 10.1 Å². The molecule has 0 spiro atoms. The van der Waals surface area contributed by atoms with Gasteiger partial charge in [-0.05, 0) is 12.8 Å². The number of hydrogen-bond donors (Lipinski definition) is 0. The Morgan fingerprint density at radius 2 is 2.08 bits per heavy atom. The van der Waals surface area contributed by atoms with Gasteiger partial charge in [-0.25, -0.2) is 5.06 Å². The zero-order chi connectivity index (χ0) is 9.90. The number of carbonyl (C=O) groups is 1. The third-order valence-corrected chi connectivity index (χ3v) is 2.64. The van der Waals surface area contributed by atoms with E-state index in [1.165, 1.54) is 7.11 Å². The monoisotopic (exact) mass is 182 g/mol. The summed E-state index contributed by atoms with van der Waals surface area (Å²) in [7, 11) is 2.97. The van der Waals surface area contributed by atoms with Gasteiger partial charge in [-0.1, -0.05) is 12.8 Å². The maximum absolute atomic E-state index is 11.7. The molecule has 0 aromatic heterocycles. The Bertz CT molecular complexity index is 238. The number of hydrogen-bond acceptors (Lipinski definition) is 3. The summed E-state index contributed by atoms with van der Waals surface area (Å²) in [4.78, 5) is 16.5. The molecule has 72 valence electrons. The fourth-order valence-electron chi connectivity index (χ4n) is 1.74. The van der Waals surface area contributed by atoms with Crippen molar-refractivity contribution in [2.24, 2.45) is 5.41 Å². The zero-order valence-corrected chi connectivity index (χ0v) is 8.04.